The van der Waals surface area contributed by atoms with Crippen LogP contribution < -0.4 is 0 Å². The molecule has 4 aliphatic rings. The van der Waals surface area contributed by atoms with Gasteiger partial charge >= 0.3 is 17.9 Å². The number of aliphatic hydroxyl groups excluding tert-OH is 1. The fraction of sp³-hybridized carbons (Fsp3) is 0.636. The average Bonchev–Trinajstić information content (AvgIpc) is 2.94. The highest BCUT2D eigenvalue weighted by Gasteiger charge is 2.78. The van der Waals surface area contributed by atoms with Crippen LogP contribution in [0.2, 0.25) is 0 Å². The van der Waals surface area contributed by atoms with Gasteiger partial charge in [-0.15, -0.1) is 0 Å². The third-order valence-electron chi connectivity index (χ3n) is 10.6. The first-order valence-corrected chi connectivity index (χ1v) is 15.1. The molecule has 0 amide bonds. The van der Waals surface area contributed by atoms with Gasteiger partial charge in [-0.2, -0.15) is 0 Å². The Hall–Kier alpha value is -3.12. The van der Waals surface area contributed by atoms with Crippen LogP contribution in [0.4, 0.5) is 0 Å². The first kappa shape index (κ1) is 32.3. The van der Waals surface area contributed by atoms with Crippen molar-refractivity contribution >= 4 is 23.7 Å². The summed E-state index contributed by atoms with van der Waals surface area (Å²) in [4.78, 5) is 54.1. The molecule has 5 rings (SSSR count). The van der Waals surface area contributed by atoms with Gasteiger partial charge in [0.2, 0.25) is 0 Å². The number of ether oxygens (including phenoxy) is 5. The van der Waals surface area contributed by atoms with Crippen LogP contribution in [0, 0.1) is 16.7 Å². The number of fused-ring (bicyclic) bond motifs is 5. The van der Waals surface area contributed by atoms with Crippen molar-refractivity contribution in [3.63, 3.8) is 0 Å². The van der Waals surface area contributed by atoms with E-state index < -0.39 is 82.2 Å². The lowest BCUT2D eigenvalue weighted by atomic mass is 9.44. The summed E-state index contributed by atoms with van der Waals surface area (Å²) >= 11 is 0. The van der Waals surface area contributed by atoms with Crippen molar-refractivity contribution in [2.75, 3.05) is 13.2 Å². The van der Waals surface area contributed by atoms with Gasteiger partial charge in [0.25, 0.3) is 0 Å². The number of hydrogen-bond donors (Lipinski definition) is 2. The highest BCUT2D eigenvalue weighted by molar-refractivity contribution is 5.95. The van der Waals surface area contributed by atoms with Gasteiger partial charge in [0.1, 0.15) is 17.8 Å². The standard InChI is InChI=1S/C33H42O11/c1-8-40-21-15-33(39)28(43-29(38)20-12-10-9-11-13-20)26-31(7,22(36)14-23-32(26,16-41-23)44-19(4)35)27(37)25(42-18(3)34)24(17(21)2)30(33,5)6/h9-13,21-23,25-26,28,36,39H,8,14-16H2,1-7H3/t21-,22-,23+,25+,26-,28-,31+,32-,33+/m0/s1. The van der Waals surface area contributed by atoms with Crippen molar-refractivity contribution in [3.05, 3.63) is 47.0 Å². The molecular weight excluding hydrogens is 572 g/mol. The fourth-order valence-electron chi connectivity index (χ4n) is 8.27. The molecule has 2 saturated carbocycles. The fourth-order valence-corrected chi connectivity index (χ4v) is 8.27. The quantitative estimate of drug-likeness (QED) is 0.276. The lowest BCUT2D eigenvalue weighted by molar-refractivity contribution is -0.346. The zero-order valence-corrected chi connectivity index (χ0v) is 26.2. The maximum absolute atomic E-state index is 15.0. The van der Waals surface area contributed by atoms with Crippen LogP contribution in [0.3, 0.4) is 0 Å². The van der Waals surface area contributed by atoms with E-state index in [1.165, 1.54) is 20.8 Å². The van der Waals surface area contributed by atoms with Gasteiger partial charge in [-0.05, 0) is 44.1 Å². The highest BCUT2D eigenvalue weighted by atomic mass is 16.6. The van der Waals surface area contributed by atoms with E-state index in [2.05, 4.69) is 0 Å². The second-order valence-electron chi connectivity index (χ2n) is 13.2. The second kappa shape index (κ2) is 11.0. The van der Waals surface area contributed by atoms with Gasteiger partial charge in [-0.1, -0.05) is 32.0 Å². The molecule has 0 radical (unpaired) electrons. The maximum Gasteiger partial charge on any atom is 0.338 e. The second-order valence-corrected chi connectivity index (χ2v) is 13.2. The molecule has 0 aromatic heterocycles. The Balaban J connectivity index is 1.85. The van der Waals surface area contributed by atoms with Crippen LogP contribution in [0.15, 0.2) is 41.5 Å². The Morgan fingerprint density at radius 3 is 2.25 bits per heavy atom. The summed E-state index contributed by atoms with van der Waals surface area (Å²) in [5, 5.41) is 24.9. The van der Waals surface area contributed by atoms with Crippen molar-refractivity contribution in [1.29, 1.82) is 0 Å². The van der Waals surface area contributed by atoms with E-state index in [0.29, 0.717) is 11.1 Å². The minimum Gasteiger partial charge on any atom is -0.455 e. The summed E-state index contributed by atoms with van der Waals surface area (Å²) in [5.41, 5.74) is -5.63. The minimum absolute atomic E-state index is 0.0682. The molecule has 0 spiro atoms. The van der Waals surface area contributed by atoms with Crippen LogP contribution in [0.25, 0.3) is 0 Å². The Morgan fingerprint density at radius 1 is 1.05 bits per heavy atom. The van der Waals surface area contributed by atoms with Crippen LogP contribution in [-0.2, 0) is 38.1 Å². The molecule has 11 heteroatoms. The highest BCUT2D eigenvalue weighted by Crippen LogP contribution is 2.64. The summed E-state index contributed by atoms with van der Waals surface area (Å²) in [7, 11) is 0. The van der Waals surface area contributed by atoms with E-state index in [4.69, 9.17) is 23.7 Å². The molecule has 11 nitrogen and oxygen atoms in total. The van der Waals surface area contributed by atoms with Gasteiger partial charge in [0.05, 0.1) is 35.7 Å². The molecule has 2 bridgehead atoms. The van der Waals surface area contributed by atoms with Gasteiger partial charge in [-0.3, -0.25) is 14.4 Å². The Kier molecular flexibility index (Phi) is 8.10. The van der Waals surface area contributed by atoms with Crippen molar-refractivity contribution in [2.24, 2.45) is 16.7 Å². The van der Waals surface area contributed by atoms with E-state index in [1.807, 2.05) is 0 Å². The maximum atomic E-state index is 15.0. The lowest BCUT2D eigenvalue weighted by Gasteiger charge is -2.67. The smallest absolute Gasteiger partial charge is 0.338 e. The normalized spacial score (nSPS) is 39.1. The first-order valence-electron chi connectivity index (χ1n) is 15.1. The zero-order chi connectivity index (χ0) is 32.4. The molecule has 1 aromatic rings. The molecule has 0 unspecified atom stereocenters. The number of ketones is 1. The number of Topliss-reactive ketones (excluding diaryl/α,β-unsaturated/α-hetero) is 1. The van der Waals surface area contributed by atoms with Crippen molar-refractivity contribution in [3.8, 4) is 0 Å². The predicted octanol–water partition coefficient (Wildman–Crippen LogP) is 2.70. The molecule has 1 saturated heterocycles. The van der Waals surface area contributed by atoms with Crippen LogP contribution in [0.1, 0.15) is 71.7 Å². The molecule has 3 aliphatic carbocycles. The Morgan fingerprint density at radius 2 is 1.70 bits per heavy atom. The van der Waals surface area contributed by atoms with Crippen LogP contribution in [0.5, 0.6) is 0 Å². The summed E-state index contributed by atoms with van der Waals surface area (Å²) in [6, 6.07) is 8.20. The van der Waals surface area contributed by atoms with Crippen LogP contribution >= 0.6 is 0 Å². The SMILES string of the molecule is CCO[C@H]1C[C@@]2(O)[C@@H](OC(=O)c3ccccc3)[C@@H]3[C@]4(OC(C)=O)CO[C@@H]4C[C@H](O)[C@@]3(C)C(=O)[C@H](OC(C)=O)C(=C1C)C2(C)C. The molecule has 3 fully saturated rings. The molecule has 2 N–H and O–H groups in total. The van der Waals surface area contributed by atoms with E-state index in [-0.39, 0.29) is 31.6 Å². The molecule has 9 atom stereocenters. The zero-order valence-electron chi connectivity index (χ0n) is 26.2. The summed E-state index contributed by atoms with van der Waals surface area (Å²) in [6.45, 7) is 11.0. The van der Waals surface area contributed by atoms with Crippen molar-refractivity contribution in [2.45, 2.75) is 103 Å². The molecule has 240 valence electrons. The van der Waals surface area contributed by atoms with Crippen molar-refractivity contribution < 1.29 is 53.1 Å². The third-order valence-corrected chi connectivity index (χ3v) is 10.6. The van der Waals surface area contributed by atoms with E-state index >= 15 is 0 Å². The molecular formula is C33H42O11. The Bertz CT molecular complexity index is 1380. The molecule has 1 aromatic carbocycles. The predicted molar refractivity (Wildman–Crippen MR) is 154 cm³/mol. The van der Waals surface area contributed by atoms with Crippen molar-refractivity contribution in [1.82, 2.24) is 0 Å². The van der Waals surface area contributed by atoms with Crippen LogP contribution in [-0.4, -0.2) is 88.8 Å². The summed E-state index contributed by atoms with van der Waals surface area (Å²) in [5.74, 6) is -4.16. The molecule has 1 aliphatic heterocycles. The number of esters is 3. The number of carbonyl (C=O) groups excluding carboxylic acids is 4. The number of aliphatic hydroxyl groups is 2. The van der Waals surface area contributed by atoms with Gasteiger partial charge in [0.15, 0.2) is 17.5 Å². The minimum atomic E-state index is -1.98. The number of benzene rings is 1. The Labute approximate surface area is 256 Å². The molecule has 44 heavy (non-hydrogen) atoms. The van der Waals surface area contributed by atoms with E-state index in [1.54, 1.807) is 58.0 Å². The molecule has 1 heterocycles. The van der Waals surface area contributed by atoms with E-state index in [0.717, 1.165) is 0 Å². The van der Waals surface area contributed by atoms with Gasteiger partial charge < -0.3 is 33.9 Å². The van der Waals surface area contributed by atoms with Gasteiger partial charge in [0, 0.05) is 38.7 Å². The lowest BCUT2D eigenvalue weighted by Crippen LogP contribution is -2.82. The third kappa shape index (κ3) is 4.54. The number of rotatable bonds is 6. The largest absolute Gasteiger partial charge is 0.455 e. The number of hydrogen-bond acceptors (Lipinski definition) is 11. The van der Waals surface area contributed by atoms with Gasteiger partial charge in [-0.25, -0.2) is 4.79 Å². The first-order chi connectivity index (χ1) is 20.6. The average molecular weight is 615 g/mol. The topological polar surface area (TPSA) is 155 Å². The monoisotopic (exact) mass is 614 g/mol. The summed E-state index contributed by atoms with van der Waals surface area (Å²) < 4.78 is 30.0. The number of carbonyl (C=O) groups is 4. The van der Waals surface area contributed by atoms with E-state index in [9.17, 15) is 29.4 Å². The summed E-state index contributed by atoms with van der Waals surface area (Å²) in [6.07, 6.45) is -6.19.